The van der Waals surface area contributed by atoms with Crippen molar-refractivity contribution in [1.82, 2.24) is 0 Å². The lowest BCUT2D eigenvalue weighted by atomic mass is 10.1. The Bertz CT molecular complexity index is 474. The molecule has 2 heteroatoms. The molecule has 18 heavy (non-hydrogen) atoms. The van der Waals surface area contributed by atoms with Gasteiger partial charge in [-0.3, -0.25) is 0 Å². The monoisotopic (exact) mass is 240 g/mol. The SMILES string of the molecule is CC(Nc1ccc(N(C)C)cc1)c1ccccc1. The van der Waals surface area contributed by atoms with Crippen LogP contribution in [0.2, 0.25) is 0 Å². The van der Waals surface area contributed by atoms with Gasteiger partial charge in [0.1, 0.15) is 0 Å². The van der Waals surface area contributed by atoms with Crippen molar-refractivity contribution in [2.75, 3.05) is 24.3 Å². The van der Waals surface area contributed by atoms with Crippen LogP contribution in [0, 0.1) is 0 Å². The summed E-state index contributed by atoms with van der Waals surface area (Å²) in [5, 5.41) is 3.51. The Morgan fingerprint density at radius 2 is 1.50 bits per heavy atom. The molecule has 2 rings (SSSR count). The van der Waals surface area contributed by atoms with E-state index >= 15 is 0 Å². The van der Waals surface area contributed by atoms with Gasteiger partial charge in [-0.2, -0.15) is 0 Å². The number of hydrogen-bond donors (Lipinski definition) is 1. The van der Waals surface area contributed by atoms with Gasteiger partial charge in [0.25, 0.3) is 0 Å². The lowest BCUT2D eigenvalue weighted by Crippen LogP contribution is -2.09. The second kappa shape index (κ2) is 5.58. The van der Waals surface area contributed by atoms with Crippen molar-refractivity contribution in [3.8, 4) is 0 Å². The van der Waals surface area contributed by atoms with Crippen LogP contribution in [-0.4, -0.2) is 14.1 Å². The van der Waals surface area contributed by atoms with Crippen molar-refractivity contribution in [2.24, 2.45) is 0 Å². The maximum atomic E-state index is 3.51. The lowest BCUT2D eigenvalue weighted by Gasteiger charge is -2.17. The Balaban J connectivity index is 2.05. The first-order valence-corrected chi connectivity index (χ1v) is 6.25. The molecule has 0 fully saturated rings. The highest BCUT2D eigenvalue weighted by molar-refractivity contribution is 5.55. The van der Waals surface area contributed by atoms with Gasteiger partial charge in [-0.1, -0.05) is 30.3 Å². The first-order valence-electron chi connectivity index (χ1n) is 6.25. The molecular weight excluding hydrogens is 220 g/mol. The quantitative estimate of drug-likeness (QED) is 0.871. The predicted molar refractivity (Wildman–Crippen MR) is 79.2 cm³/mol. The fourth-order valence-corrected chi connectivity index (χ4v) is 1.93. The summed E-state index contributed by atoms with van der Waals surface area (Å²) in [6, 6.07) is 19.3. The standard InChI is InChI=1S/C16H20N2/c1-13(14-7-5-4-6-8-14)17-15-9-11-16(12-10-15)18(2)3/h4-13,17H,1-3H3. The number of anilines is 2. The summed E-state index contributed by atoms with van der Waals surface area (Å²) >= 11 is 0. The van der Waals surface area contributed by atoms with Crippen LogP contribution >= 0.6 is 0 Å². The molecule has 94 valence electrons. The molecule has 2 aromatic rings. The summed E-state index contributed by atoms with van der Waals surface area (Å²) in [6.45, 7) is 2.18. The van der Waals surface area contributed by atoms with Crippen LogP contribution in [0.1, 0.15) is 18.5 Å². The summed E-state index contributed by atoms with van der Waals surface area (Å²) in [5.74, 6) is 0. The molecule has 0 amide bonds. The third kappa shape index (κ3) is 3.04. The minimum atomic E-state index is 0.316. The van der Waals surface area contributed by atoms with Gasteiger partial charge >= 0.3 is 0 Å². The molecule has 1 N–H and O–H groups in total. The normalized spacial score (nSPS) is 11.9. The Hall–Kier alpha value is -1.96. The summed E-state index contributed by atoms with van der Waals surface area (Å²) in [7, 11) is 4.10. The number of benzene rings is 2. The molecule has 0 aliphatic heterocycles. The summed E-state index contributed by atoms with van der Waals surface area (Å²) in [4.78, 5) is 2.10. The number of rotatable bonds is 4. The van der Waals surface area contributed by atoms with E-state index in [9.17, 15) is 0 Å². The fourth-order valence-electron chi connectivity index (χ4n) is 1.93. The Kier molecular flexibility index (Phi) is 3.88. The topological polar surface area (TPSA) is 15.3 Å². The van der Waals surface area contributed by atoms with E-state index in [1.54, 1.807) is 0 Å². The molecule has 0 saturated heterocycles. The van der Waals surface area contributed by atoms with Crippen LogP contribution in [0.25, 0.3) is 0 Å². The Morgan fingerprint density at radius 1 is 0.889 bits per heavy atom. The lowest BCUT2D eigenvalue weighted by molar-refractivity contribution is 0.885. The van der Waals surface area contributed by atoms with Gasteiger partial charge in [0.05, 0.1) is 0 Å². The van der Waals surface area contributed by atoms with Gasteiger partial charge in [0.15, 0.2) is 0 Å². The van der Waals surface area contributed by atoms with Crippen molar-refractivity contribution < 1.29 is 0 Å². The fraction of sp³-hybridized carbons (Fsp3) is 0.250. The van der Waals surface area contributed by atoms with Crippen molar-refractivity contribution >= 4 is 11.4 Å². The molecule has 0 radical (unpaired) electrons. The van der Waals surface area contributed by atoms with Crippen LogP contribution in [0.5, 0.6) is 0 Å². The maximum Gasteiger partial charge on any atom is 0.0485 e. The molecule has 0 aliphatic carbocycles. The molecule has 0 aromatic heterocycles. The minimum absolute atomic E-state index is 0.316. The van der Waals surface area contributed by atoms with E-state index in [-0.39, 0.29) is 0 Å². The van der Waals surface area contributed by atoms with Crippen molar-refractivity contribution in [2.45, 2.75) is 13.0 Å². The highest BCUT2D eigenvalue weighted by Gasteiger charge is 2.04. The van der Waals surface area contributed by atoms with Crippen LogP contribution in [0.15, 0.2) is 54.6 Å². The minimum Gasteiger partial charge on any atom is -0.379 e. The summed E-state index contributed by atoms with van der Waals surface area (Å²) in [5.41, 5.74) is 3.67. The molecular formula is C16H20N2. The van der Waals surface area contributed by atoms with Crippen molar-refractivity contribution in [3.05, 3.63) is 60.2 Å². The molecule has 0 bridgehead atoms. The van der Waals surface area contributed by atoms with E-state index in [1.807, 2.05) is 6.07 Å². The first-order chi connectivity index (χ1) is 8.66. The number of nitrogens with zero attached hydrogens (tertiary/aromatic N) is 1. The number of nitrogens with one attached hydrogen (secondary N) is 1. The molecule has 1 unspecified atom stereocenters. The average Bonchev–Trinajstić information content (AvgIpc) is 2.40. The second-order valence-corrected chi connectivity index (χ2v) is 4.72. The third-order valence-electron chi connectivity index (χ3n) is 3.07. The molecule has 1 atom stereocenters. The maximum absolute atomic E-state index is 3.51. The van der Waals surface area contributed by atoms with E-state index in [0.717, 1.165) is 5.69 Å². The zero-order chi connectivity index (χ0) is 13.0. The first kappa shape index (κ1) is 12.5. The van der Waals surface area contributed by atoms with Crippen LogP contribution in [-0.2, 0) is 0 Å². The largest absolute Gasteiger partial charge is 0.379 e. The summed E-state index contributed by atoms with van der Waals surface area (Å²) in [6.07, 6.45) is 0. The van der Waals surface area contributed by atoms with Gasteiger partial charge in [0, 0.05) is 31.5 Å². The van der Waals surface area contributed by atoms with Crippen LogP contribution in [0.4, 0.5) is 11.4 Å². The van der Waals surface area contributed by atoms with Gasteiger partial charge < -0.3 is 10.2 Å². The molecule has 2 aromatic carbocycles. The molecule has 0 heterocycles. The molecule has 0 saturated carbocycles. The van der Waals surface area contributed by atoms with Crippen LogP contribution < -0.4 is 10.2 Å². The van der Waals surface area contributed by atoms with Crippen molar-refractivity contribution in [1.29, 1.82) is 0 Å². The highest BCUT2D eigenvalue weighted by Crippen LogP contribution is 2.21. The number of hydrogen-bond acceptors (Lipinski definition) is 2. The highest BCUT2D eigenvalue weighted by atomic mass is 15.1. The van der Waals surface area contributed by atoms with E-state index < -0.39 is 0 Å². The second-order valence-electron chi connectivity index (χ2n) is 4.72. The van der Waals surface area contributed by atoms with E-state index in [0.29, 0.717) is 6.04 Å². The Labute approximate surface area is 109 Å². The van der Waals surface area contributed by atoms with Gasteiger partial charge in [-0.05, 0) is 36.8 Å². The smallest absolute Gasteiger partial charge is 0.0485 e. The van der Waals surface area contributed by atoms with E-state index in [4.69, 9.17) is 0 Å². The predicted octanol–water partition coefficient (Wildman–Crippen LogP) is 3.93. The average molecular weight is 240 g/mol. The zero-order valence-electron chi connectivity index (χ0n) is 11.2. The van der Waals surface area contributed by atoms with E-state index in [2.05, 4.69) is 79.8 Å². The van der Waals surface area contributed by atoms with Gasteiger partial charge in [-0.25, -0.2) is 0 Å². The summed E-state index contributed by atoms with van der Waals surface area (Å²) < 4.78 is 0. The molecule has 0 aliphatic rings. The van der Waals surface area contributed by atoms with Crippen LogP contribution in [0.3, 0.4) is 0 Å². The Morgan fingerprint density at radius 3 is 2.06 bits per heavy atom. The van der Waals surface area contributed by atoms with E-state index in [1.165, 1.54) is 11.3 Å². The zero-order valence-corrected chi connectivity index (χ0v) is 11.2. The third-order valence-corrected chi connectivity index (χ3v) is 3.07. The van der Waals surface area contributed by atoms with Gasteiger partial charge in [-0.15, -0.1) is 0 Å². The van der Waals surface area contributed by atoms with Gasteiger partial charge in [0.2, 0.25) is 0 Å². The molecule has 0 spiro atoms. The molecule has 2 nitrogen and oxygen atoms in total. The van der Waals surface area contributed by atoms with Crippen molar-refractivity contribution in [3.63, 3.8) is 0 Å².